The number of esters is 2. The van der Waals surface area contributed by atoms with Crippen molar-refractivity contribution in [2.75, 3.05) is 408 Å². The molecule has 0 aliphatic rings. The highest BCUT2D eigenvalue weighted by atomic mass is 32.2. The SMILES string of the molecule is CCCCCCCCCCCCCCC(C)C(=O)OCC[C@H](CSC[C@H](N)C(=O)N[C@@H](CO)C(=O)NCCOCCOCCOCCOCCOCCOCCOCCOCCOCCOCCOCCOCCOCCOCCOCCOCCOCCOCCOCCOCCOCCOCCOCCOCCOCCOCCOCCOCCC(=O)NCC(N)=O)OC(=O)C(C)CCCCCCCCCCCCCC. The highest BCUT2D eigenvalue weighted by molar-refractivity contribution is 7.99. The van der Waals surface area contributed by atoms with Crippen molar-refractivity contribution in [3.63, 3.8) is 0 Å². The maximum Gasteiger partial charge on any atom is 0.308 e. The smallest absolute Gasteiger partial charge is 0.308 e. The Balaban J connectivity index is 3.60. The quantitative estimate of drug-likeness (QED) is 0.0246. The molecule has 5 atom stereocenters. The zero-order valence-electron chi connectivity index (χ0n) is 91.7. The number of hydrogen-bond acceptors (Lipinski definition) is 39. The van der Waals surface area contributed by atoms with Crippen LogP contribution < -0.4 is 27.4 Å². The van der Waals surface area contributed by atoms with Gasteiger partial charge in [-0.2, -0.15) is 11.8 Å². The summed E-state index contributed by atoms with van der Waals surface area (Å²) >= 11 is 1.34. The molecule has 878 valence electrons. The molecule has 42 nitrogen and oxygen atoms in total. The van der Waals surface area contributed by atoms with Crippen LogP contribution >= 0.6 is 11.8 Å². The first-order chi connectivity index (χ1) is 72.9. The number of carbonyl (C=O) groups is 6. The van der Waals surface area contributed by atoms with Gasteiger partial charge in [0.1, 0.15) is 12.1 Å². The minimum absolute atomic E-state index is 0.102. The molecule has 4 amide bonds. The van der Waals surface area contributed by atoms with Gasteiger partial charge in [0, 0.05) is 30.9 Å². The lowest BCUT2D eigenvalue weighted by Gasteiger charge is -2.22. The summed E-state index contributed by atoms with van der Waals surface area (Å²) in [6, 6.07) is -2.25. The Kier molecular flexibility index (Phi) is 120. The number of ether oxygens (including phenoxy) is 30. The number of carbonyl (C=O) groups excluding carboxylic acids is 6. The first-order valence-corrected chi connectivity index (χ1v) is 56.6. The Morgan fingerprint density at radius 1 is 0.264 bits per heavy atom. The van der Waals surface area contributed by atoms with Crippen LogP contribution in [0.25, 0.3) is 0 Å². The fourth-order valence-electron chi connectivity index (χ4n) is 13.4. The van der Waals surface area contributed by atoms with Gasteiger partial charge in [0.15, 0.2) is 0 Å². The number of nitrogens with one attached hydrogen (secondary N) is 3. The van der Waals surface area contributed by atoms with Gasteiger partial charge in [-0.15, -0.1) is 0 Å². The summed E-state index contributed by atoms with van der Waals surface area (Å²) in [4.78, 5) is 74.6. The monoisotopic (exact) mass is 2160 g/mol. The molecular formula is C105H205N5O37S. The van der Waals surface area contributed by atoms with Crippen LogP contribution in [0.5, 0.6) is 0 Å². The molecule has 148 heavy (non-hydrogen) atoms. The summed E-state index contributed by atoms with van der Waals surface area (Å²) in [5, 5.41) is 17.6. The van der Waals surface area contributed by atoms with Crippen LogP contribution in [0, 0.1) is 11.8 Å². The van der Waals surface area contributed by atoms with Gasteiger partial charge < -0.3 is 175 Å². The fourth-order valence-corrected chi connectivity index (χ4v) is 14.5. The van der Waals surface area contributed by atoms with E-state index in [0.717, 1.165) is 44.9 Å². The standard InChI is InChI=1S/C105H205N5O37S/c1-5-7-9-11-13-15-17-19-21-23-25-27-29-95(3)104(116)146-35-31-97(147-105(117)96(4)30-28-26-24-22-20-18-16-14-12-10-8-6-2)93-148-94-98(106)102(114)110-99(92-111)103(115)108-33-36-119-38-40-121-42-44-123-46-48-125-50-52-127-54-56-129-58-60-131-62-64-133-66-68-135-70-72-137-74-76-139-78-80-141-82-84-143-86-88-145-90-89-144-87-85-142-83-81-140-79-77-138-75-73-136-71-69-134-67-65-132-63-61-130-59-57-128-55-53-126-51-49-124-47-45-122-43-41-120-39-37-118-34-32-101(113)109-91-100(107)112/h95-99,111H,5-94,106H2,1-4H3,(H2,107,112)(H,108,115)(H,109,113)(H,110,114)/t95?,96?,97-,98+,99+/m1/s1. The van der Waals surface area contributed by atoms with E-state index in [0.29, 0.717) is 362 Å². The van der Waals surface area contributed by atoms with Crippen molar-refractivity contribution in [2.24, 2.45) is 23.3 Å². The predicted octanol–water partition coefficient (Wildman–Crippen LogP) is 8.40. The second-order valence-electron chi connectivity index (χ2n) is 35.0. The number of unbranched alkanes of at least 4 members (excludes halogenated alkanes) is 22. The first kappa shape index (κ1) is 144. The Hall–Kier alpha value is -4.03. The Labute approximate surface area is 891 Å². The van der Waals surface area contributed by atoms with E-state index in [1.165, 1.54) is 134 Å². The largest absolute Gasteiger partial charge is 0.465 e. The van der Waals surface area contributed by atoms with Crippen molar-refractivity contribution >= 4 is 47.3 Å². The van der Waals surface area contributed by atoms with E-state index in [1.54, 1.807) is 0 Å². The van der Waals surface area contributed by atoms with Gasteiger partial charge in [-0.1, -0.05) is 182 Å². The molecule has 0 aromatic heterocycles. The fraction of sp³-hybridized carbons (Fsp3) is 0.943. The summed E-state index contributed by atoms with van der Waals surface area (Å²) in [5.41, 5.74) is 11.3. The van der Waals surface area contributed by atoms with Crippen LogP contribution in [0.3, 0.4) is 0 Å². The normalized spacial score (nSPS) is 12.7. The molecule has 0 aliphatic carbocycles. The van der Waals surface area contributed by atoms with E-state index >= 15 is 0 Å². The van der Waals surface area contributed by atoms with Crippen LogP contribution in [0.1, 0.15) is 207 Å². The number of thioether (sulfide) groups is 1. The number of nitrogens with two attached hydrogens (primary N) is 2. The zero-order chi connectivity index (χ0) is 107. The number of hydrogen-bond donors (Lipinski definition) is 6. The van der Waals surface area contributed by atoms with E-state index < -0.39 is 42.5 Å². The third-order valence-electron chi connectivity index (χ3n) is 22.0. The molecule has 0 saturated carbocycles. The molecule has 0 saturated heterocycles. The van der Waals surface area contributed by atoms with Crippen molar-refractivity contribution in [2.45, 2.75) is 226 Å². The minimum Gasteiger partial charge on any atom is -0.465 e. The molecule has 8 N–H and O–H groups in total. The minimum atomic E-state index is -1.22. The first-order valence-electron chi connectivity index (χ1n) is 55.5. The molecule has 0 fully saturated rings. The van der Waals surface area contributed by atoms with Gasteiger partial charge in [0.05, 0.1) is 408 Å². The Morgan fingerprint density at radius 3 is 0.723 bits per heavy atom. The summed E-state index contributed by atoms with van der Waals surface area (Å²) in [5.74, 6) is -2.66. The lowest BCUT2D eigenvalue weighted by atomic mass is 10.0. The number of primary amides is 1. The summed E-state index contributed by atoms with van der Waals surface area (Å²) in [6.45, 7) is 32.0. The van der Waals surface area contributed by atoms with E-state index in [-0.39, 0.29) is 81.4 Å². The molecular weight excluding hydrogens is 1960 g/mol. The van der Waals surface area contributed by atoms with Crippen molar-refractivity contribution < 1.29 is 176 Å². The van der Waals surface area contributed by atoms with Crippen LogP contribution in [0.15, 0.2) is 0 Å². The molecule has 0 aromatic rings. The van der Waals surface area contributed by atoms with Gasteiger partial charge in [-0.25, -0.2) is 0 Å². The van der Waals surface area contributed by atoms with E-state index in [4.69, 9.17) is 154 Å². The van der Waals surface area contributed by atoms with Gasteiger partial charge in [-0.3, -0.25) is 28.8 Å². The Bertz CT molecular complexity index is 2740. The second-order valence-corrected chi connectivity index (χ2v) is 36.1. The molecule has 0 aliphatic heterocycles. The average Bonchev–Trinajstić information content (AvgIpc) is 0.906. The lowest BCUT2D eigenvalue weighted by molar-refractivity contribution is -0.155. The summed E-state index contributed by atoms with van der Waals surface area (Å²) in [6.07, 6.45) is 31.4. The van der Waals surface area contributed by atoms with Crippen molar-refractivity contribution in [1.29, 1.82) is 0 Å². The van der Waals surface area contributed by atoms with Gasteiger partial charge in [0.25, 0.3) is 0 Å². The van der Waals surface area contributed by atoms with E-state index in [2.05, 4.69) is 29.8 Å². The summed E-state index contributed by atoms with van der Waals surface area (Å²) in [7, 11) is 0. The molecule has 0 aromatic carbocycles. The van der Waals surface area contributed by atoms with Crippen molar-refractivity contribution in [3.05, 3.63) is 0 Å². The maximum absolute atomic E-state index is 13.4. The van der Waals surface area contributed by atoms with Gasteiger partial charge in [-0.05, 0) is 12.8 Å². The molecule has 43 heteroatoms. The van der Waals surface area contributed by atoms with Gasteiger partial charge >= 0.3 is 11.9 Å². The summed E-state index contributed by atoms with van der Waals surface area (Å²) < 4.78 is 167. The zero-order valence-corrected chi connectivity index (χ0v) is 92.5. The van der Waals surface area contributed by atoms with Crippen LogP contribution in [0.4, 0.5) is 0 Å². The maximum atomic E-state index is 13.4. The third-order valence-corrected chi connectivity index (χ3v) is 23.2. The molecule has 0 bridgehead atoms. The molecule has 0 heterocycles. The molecule has 0 radical (unpaired) electrons. The Morgan fingerprint density at radius 2 is 0.486 bits per heavy atom. The third kappa shape index (κ3) is 115. The van der Waals surface area contributed by atoms with Crippen LogP contribution in [0.2, 0.25) is 0 Å². The predicted molar refractivity (Wildman–Crippen MR) is 562 cm³/mol. The van der Waals surface area contributed by atoms with E-state index in [1.807, 2.05) is 13.8 Å². The lowest BCUT2D eigenvalue weighted by Crippen LogP contribution is -2.54. The number of aliphatic hydroxyl groups is 1. The van der Waals surface area contributed by atoms with Crippen LogP contribution in [-0.2, 0) is 171 Å². The highest BCUT2D eigenvalue weighted by Gasteiger charge is 2.26. The number of rotatable bonds is 129. The molecule has 0 rings (SSSR count). The molecule has 0 spiro atoms. The second kappa shape index (κ2) is 123. The van der Waals surface area contributed by atoms with Crippen molar-refractivity contribution in [3.8, 4) is 0 Å². The van der Waals surface area contributed by atoms with Gasteiger partial charge in [0.2, 0.25) is 23.6 Å². The topological polar surface area (TPSA) is 488 Å². The number of amides is 4. The van der Waals surface area contributed by atoms with Crippen molar-refractivity contribution in [1.82, 2.24) is 16.0 Å². The highest BCUT2D eigenvalue weighted by Crippen LogP contribution is 2.21. The van der Waals surface area contributed by atoms with E-state index in [9.17, 15) is 33.9 Å². The number of aliphatic hydroxyl groups excluding tert-OH is 1. The molecule has 2 unspecified atom stereocenters. The average molecular weight is 2160 g/mol. The van der Waals surface area contributed by atoms with Crippen LogP contribution in [-0.4, -0.2) is 467 Å².